The first kappa shape index (κ1) is 16.7. The summed E-state index contributed by atoms with van der Waals surface area (Å²) < 4.78 is 5.75. The van der Waals surface area contributed by atoms with E-state index < -0.39 is 6.10 Å². The zero-order valence-corrected chi connectivity index (χ0v) is 13.3. The Morgan fingerprint density at radius 2 is 1.76 bits per heavy atom. The summed E-state index contributed by atoms with van der Waals surface area (Å²) in [4.78, 5) is 4.36. The van der Waals surface area contributed by atoms with Crippen LogP contribution in [-0.4, -0.2) is 21.8 Å². The summed E-state index contributed by atoms with van der Waals surface area (Å²) in [6, 6.07) is 21.7. The third-order valence-electron chi connectivity index (χ3n) is 3.67. The van der Waals surface area contributed by atoms with E-state index in [-0.39, 0.29) is 6.61 Å². The van der Waals surface area contributed by atoms with Gasteiger partial charge in [0.1, 0.15) is 23.7 Å². The molecule has 2 N–H and O–H groups in total. The third-order valence-corrected chi connectivity index (χ3v) is 3.67. The molecule has 124 valence electrons. The van der Waals surface area contributed by atoms with E-state index >= 15 is 0 Å². The predicted molar refractivity (Wildman–Crippen MR) is 92.9 cm³/mol. The fourth-order valence-corrected chi connectivity index (χ4v) is 2.36. The van der Waals surface area contributed by atoms with Gasteiger partial charge in [0.2, 0.25) is 0 Å². The molecule has 5 nitrogen and oxygen atoms in total. The highest BCUT2D eigenvalue weighted by Crippen LogP contribution is 2.27. The number of aliphatic hydroxyl groups is 2. The average Bonchev–Trinajstić information content (AvgIpc) is 2.68. The van der Waals surface area contributed by atoms with E-state index in [9.17, 15) is 5.11 Å². The summed E-state index contributed by atoms with van der Waals surface area (Å²) in [7, 11) is 0. The van der Waals surface area contributed by atoms with E-state index in [1.165, 1.54) is 0 Å². The van der Waals surface area contributed by atoms with Gasteiger partial charge in [-0.05, 0) is 48.5 Å². The van der Waals surface area contributed by atoms with Crippen LogP contribution >= 0.6 is 0 Å². The molecule has 1 unspecified atom stereocenters. The van der Waals surface area contributed by atoms with Crippen molar-refractivity contribution in [3.63, 3.8) is 0 Å². The lowest BCUT2D eigenvalue weighted by molar-refractivity contribution is 0.0923. The summed E-state index contributed by atoms with van der Waals surface area (Å²) in [5.74, 6) is 1.11. The maximum absolute atomic E-state index is 9.70. The van der Waals surface area contributed by atoms with Crippen molar-refractivity contribution in [2.24, 2.45) is 0 Å². The van der Waals surface area contributed by atoms with Gasteiger partial charge in [-0.25, -0.2) is 4.98 Å². The minimum atomic E-state index is -0.995. The van der Waals surface area contributed by atoms with Gasteiger partial charge in [-0.3, -0.25) is 0 Å². The van der Waals surface area contributed by atoms with Crippen LogP contribution in [0.5, 0.6) is 11.5 Å². The van der Waals surface area contributed by atoms with Gasteiger partial charge in [0.15, 0.2) is 0 Å². The maximum atomic E-state index is 9.70. The van der Waals surface area contributed by atoms with Gasteiger partial charge in [-0.1, -0.05) is 18.2 Å². The minimum Gasteiger partial charge on any atom is -0.456 e. The molecule has 0 aliphatic rings. The van der Waals surface area contributed by atoms with E-state index in [0.717, 1.165) is 5.56 Å². The second-order valence-corrected chi connectivity index (χ2v) is 5.38. The molecule has 0 spiro atoms. The molecule has 0 saturated heterocycles. The molecule has 2 aromatic carbocycles. The van der Waals surface area contributed by atoms with Crippen LogP contribution in [0.1, 0.15) is 17.4 Å². The van der Waals surface area contributed by atoms with E-state index in [1.54, 1.807) is 42.5 Å². The molecule has 3 aromatic rings. The Bertz CT molecular complexity index is 901. The first-order valence-corrected chi connectivity index (χ1v) is 7.74. The van der Waals surface area contributed by atoms with Crippen molar-refractivity contribution < 1.29 is 14.9 Å². The number of pyridine rings is 1. The summed E-state index contributed by atoms with van der Waals surface area (Å²) in [5, 5.41) is 27.8. The lowest BCUT2D eigenvalue weighted by atomic mass is 10.1. The van der Waals surface area contributed by atoms with Gasteiger partial charge in [0, 0.05) is 5.56 Å². The molecular weight excluding hydrogens is 316 g/mol. The van der Waals surface area contributed by atoms with Crippen molar-refractivity contribution >= 4 is 0 Å². The Morgan fingerprint density at radius 1 is 1.00 bits per heavy atom. The monoisotopic (exact) mass is 332 g/mol. The zero-order valence-electron chi connectivity index (χ0n) is 13.3. The number of aromatic nitrogens is 1. The van der Waals surface area contributed by atoms with Crippen LogP contribution in [0.3, 0.4) is 0 Å². The molecule has 3 rings (SSSR count). The van der Waals surface area contributed by atoms with Gasteiger partial charge < -0.3 is 14.9 Å². The van der Waals surface area contributed by atoms with Gasteiger partial charge in [-0.2, -0.15) is 5.26 Å². The predicted octanol–water partition coefficient (Wildman–Crippen LogP) is 3.44. The molecule has 5 heteroatoms. The van der Waals surface area contributed by atoms with Crippen molar-refractivity contribution in [2.45, 2.75) is 6.10 Å². The lowest BCUT2D eigenvalue weighted by Gasteiger charge is -2.10. The summed E-state index contributed by atoms with van der Waals surface area (Å²) in [6.07, 6.45) is -0.995. The molecular formula is C20H16N2O3. The molecule has 1 heterocycles. The van der Waals surface area contributed by atoms with Crippen LogP contribution < -0.4 is 4.74 Å². The molecule has 0 amide bonds. The van der Waals surface area contributed by atoms with Gasteiger partial charge in [-0.15, -0.1) is 0 Å². The number of nitrogens with zero attached hydrogens (tertiary/aromatic N) is 2. The lowest BCUT2D eigenvalue weighted by Crippen LogP contribution is -2.05. The highest BCUT2D eigenvalue weighted by Gasteiger charge is 2.09. The Labute approximate surface area is 145 Å². The number of nitriles is 1. The van der Waals surface area contributed by atoms with Crippen molar-refractivity contribution in [1.29, 1.82) is 5.26 Å². The highest BCUT2D eigenvalue weighted by atomic mass is 16.5. The van der Waals surface area contributed by atoms with Crippen LogP contribution in [0.15, 0.2) is 66.7 Å². The second kappa shape index (κ2) is 7.58. The largest absolute Gasteiger partial charge is 0.456 e. The molecule has 1 aromatic heterocycles. The van der Waals surface area contributed by atoms with Gasteiger partial charge in [0.05, 0.1) is 23.6 Å². The standard InChI is InChI=1S/C20H16N2O3/c21-12-15-4-1-2-7-20(15)25-16-10-8-14(9-11-16)17-5-3-6-18(22-17)19(24)13-23/h1-11,19,23-24H,13H2. The van der Waals surface area contributed by atoms with E-state index in [2.05, 4.69) is 11.1 Å². The van der Waals surface area contributed by atoms with Crippen molar-refractivity contribution in [2.75, 3.05) is 6.61 Å². The number of para-hydroxylation sites is 1. The van der Waals surface area contributed by atoms with Crippen molar-refractivity contribution in [1.82, 2.24) is 4.98 Å². The topological polar surface area (TPSA) is 86.4 Å². The molecule has 0 aliphatic carbocycles. The van der Waals surface area contributed by atoms with Crippen LogP contribution in [0.25, 0.3) is 11.3 Å². The normalized spacial score (nSPS) is 11.6. The first-order valence-electron chi connectivity index (χ1n) is 7.74. The van der Waals surface area contributed by atoms with Gasteiger partial charge >= 0.3 is 0 Å². The summed E-state index contributed by atoms with van der Waals surface area (Å²) in [6.45, 7) is -0.373. The molecule has 0 fully saturated rings. The Kier molecular flexibility index (Phi) is 5.05. The molecule has 25 heavy (non-hydrogen) atoms. The Hall–Kier alpha value is -3.20. The van der Waals surface area contributed by atoms with Crippen LogP contribution in [0.4, 0.5) is 0 Å². The molecule has 0 aliphatic heterocycles. The van der Waals surface area contributed by atoms with Crippen LogP contribution in [-0.2, 0) is 0 Å². The summed E-state index contributed by atoms with van der Waals surface area (Å²) >= 11 is 0. The third kappa shape index (κ3) is 3.83. The number of hydrogen-bond donors (Lipinski definition) is 2. The molecule has 0 saturated carbocycles. The zero-order chi connectivity index (χ0) is 17.6. The minimum absolute atomic E-state index is 0.373. The summed E-state index contributed by atoms with van der Waals surface area (Å²) in [5.41, 5.74) is 2.43. The number of rotatable bonds is 5. The van der Waals surface area contributed by atoms with E-state index in [1.807, 2.05) is 24.3 Å². The van der Waals surface area contributed by atoms with Crippen LogP contribution in [0.2, 0.25) is 0 Å². The number of benzene rings is 2. The fourth-order valence-electron chi connectivity index (χ4n) is 2.36. The first-order chi connectivity index (χ1) is 12.2. The van der Waals surface area contributed by atoms with Crippen molar-refractivity contribution in [3.05, 3.63) is 78.0 Å². The van der Waals surface area contributed by atoms with Crippen LogP contribution in [0, 0.1) is 11.3 Å². The molecule has 0 bridgehead atoms. The highest BCUT2D eigenvalue weighted by molar-refractivity contribution is 5.60. The number of hydrogen-bond acceptors (Lipinski definition) is 5. The maximum Gasteiger partial charge on any atom is 0.145 e. The SMILES string of the molecule is N#Cc1ccccc1Oc1ccc(-c2cccc(C(O)CO)n2)cc1. The molecule has 0 radical (unpaired) electrons. The van der Waals surface area contributed by atoms with Crippen molar-refractivity contribution in [3.8, 4) is 28.8 Å². The molecule has 1 atom stereocenters. The second-order valence-electron chi connectivity index (χ2n) is 5.38. The fraction of sp³-hybridized carbons (Fsp3) is 0.100. The Balaban J connectivity index is 1.82. The van der Waals surface area contributed by atoms with E-state index in [0.29, 0.717) is 28.5 Å². The van der Waals surface area contributed by atoms with E-state index in [4.69, 9.17) is 15.1 Å². The number of aliphatic hydroxyl groups excluding tert-OH is 2. The smallest absolute Gasteiger partial charge is 0.145 e. The quantitative estimate of drug-likeness (QED) is 0.747. The van der Waals surface area contributed by atoms with Gasteiger partial charge in [0.25, 0.3) is 0 Å². The Morgan fingerprint density at radius 3 is 2.48 bits per heavy atom. The average molecular weight is 332 g/mol. The number of ether oxygens (including phenoxy) is 1.